The highest BCUT2D eigenvalue weighted by Gasteiger charge is 2.27. The van der Waals surface area contributed by atoms with Gasteiger partial charge < -0.3 is 13.9 Å². The maximum Gasteiger partial charge on any atom is 0.159 e. The Hall–Kier alpha value is -7.54. The highest BCUT2D eigenvalue weighted by atomic mass is 16.3. The molecule has 12 rings (SSSR count). The molecule has 0 bridgehead atoms. The summed E-state index contributed by atoms with van der Waals surface area (Å²) in [6.45, 7) is 0. The third-order valence-electron chi connectivity index (χ3n) is 11.4. The molecule has 254 valence electrons. The van der Waals surface area contributed by atoms with Crippen LogP contribution in [0, 0.1) is 12.1 Å². The number of nitrogens with zero attached hydrogens (tertiary/aromatic N) is 2. The van der Waals surface area contributed by atoms with Crippen LogP contribution >= 0.6 is 0 Å². The SMILES string of the molecule is c1ccc2c(c#1)-c1ccc(N(c3ccc(-n4c5ccccc5c5ccccc54)c(-c4ccccc4)c3)c3cccc4c3oc3ccccc34)c3cccc-2c13. The molecule has 0 saturated carbocycles. The maximum absolute atomic E-state index is 6.77. The second kappa shape index (κ2) is 11.5. The van der Waals surface area contributed by atoms with Crippen molar-refractivity contribution in [2.24, 2.45) is 0 Å². The molecule has 1 aliphatic carbocycles. The van der Waals surface area contributed by atoms with Crippen molar-refractivity contribution in [3.63, 3.8) is 0 Å². The lowest BCUT2D eigenvalue weighted by molar-refractivity contribution is 0.669. The van der Waals surface area contributed by atoms with Crippen LogP contribution in [0.25, 0.3) is 93.6 Å². The van der Waals surface area contributed by atoms with Crippen LogP contribution in [-0.2, 0) is 0 Å². The van der Waals surface area contributed by atoms with Gasteiger partial charge in [0, 0.05) is 49.1 Å². The Labute approximate surface area is 317 Å². The van der Waals surface area contributed by atoms with Gasteiger partial charge in [0.15, 0.2) is 5.58 Å². The molecule has 0 unspecified atom stereocenters. The van der Waals surface area contributed by atoms with Gasteiger partial charge in [0.2, 0.25) is 0 Å². The smallest absolute Gasteiger partial charge is 0.159 e. The van der Waals surface area contributed by atoms with Crippen LogP contribution in [0.5, 0.6) is 0 Å². The first-order valence-corrected chi connectivity index (χ1v) is 18.7. The fourth-order valence-corrected chi connectivity index (χ4v) is 9.05. The molecule has 3 nitrogen and oxygen atoms in total. The van der Waals surface area contributed by atoms with E-state index in [-0.39, 0.29) is 0 Å². The van der Waals surface area contributed by atoms with Gasteiger partial charge in [0.25, 0.3) is 0 Å². The predicted molar refractivity (Wildman–Crippen MR) is 228 cm³/mol. The number of fused-ring (bicyclic) bond motifs is 9. The molecule has 2 heterocycles. The number of furan rings is 1. The number of benzene rings is 8. The number of aromatic nitrogens is 1. The molecule has 0 aliphatic heterocycles. The second-order valence-corrected chi connectivity index (χ2v) is 14.3. The van der Waals surface area contributed by atoms with Gasteiger partial charge in [0.1, 0.15) is 5.58 Å². The summed E-state index contributed by atoms with van der Waals surface area (Å²) in [5.41, 5.74) is 15.3. The Morgan fingerprint density at radius 2 is 1.18 bits per heavy atom. The van der Waals surface area contributed by atoms with E-state index in [1.165, 1.54) is 49.3 Å². The van der Waals surface area contributed by atoms with E-state index in [9.17, 15) is 0 Å². The van der Waals surface area contributed by atoms with Gasteiger partial charge in [-0.05, 0) is 82.9 Å². The molecular weight excluding hydrogens is 669 g/mol. The Morgan fingerprint density at radius 1 is 0.473 bits per heavy atom. The van der Waals surface area contributed by atoms with Crippen LogP contribution in [0.4, 0.5) is 17.1 Å². The molecule has 0 radical (unpaired) electrons. The second-order valence-electron chi connectivity index (χ2n) is 14.3. The molecule has 0 atom stereocenters. The van der Waals surface area contributed by atoms with Crippen LogP contribution in [0.2, 0.25) is 0 Å². The lowest BCUT2D eigenvalue weighted by Gasteiger charge is -2.28. The van der Waals surface area contributed by atoms with Crippen molar-refractivity contribution >= 4 is 71.6 Å². The summed E-state index contributed by atoms with van der Waals surface area (Å²) in [7, 11) is 0. The molecule has 0 fully saturated rings. The summed E-state index contributed by atoms with van der Waals surface area (Å²) in [5.74, 6) is 0. The van der Waals surface area contributed by atoms with E-state index >= 15 is 0 Å². The number of hydrogen-bond donors (Lipinski definition) is 0. The largest absolute Gasteiger partial charge is 0.454 e. The van der Waals surface area contributed by atoms with E-state index in [1.54, 1.807) is 0 Å². The Kier molecular flexibility index (Phi) is 6.26. The lowest BCUT2D eigenvalue weighted by Crippen LogP contribution is -2.12. The highest BCUT2D eigenvalue weighted by Crippen LogP contribution is 2.52. The van der Waals surface area contributed by atoms with E-state index in [1.807, 2.05) is 12.1 Å². The molecule has 0 saturated heterocycles. The van der Waals surface area contributed by atoms with Gasteiger partial charge in [0.05, 0.1) is 28.1 Å². The molecule has 9 aromatic carbocycles. The lowest BCUT2D eigenvalue weighted by atomic mass is 9.98. The summed E-state index contributed by atoms with van der Waals surface area (Å²) < 4.78 is 9.19. The minimum absolute atomic E-state index is 0.853. The molecule has 0 spiro atoms. The Morgan fingerprint density at radius 3 is 2.02 bits per heavy atom. The first kappa shape index (κ1) is 30.0. The van der Waals surface area contributed by atoms with E-state index in [4.69, 9.17) is 4.42 Å². The topological polar surface area (TPSA) is 21.3 Å². The van der Waals surface area contributed by atoms with Crippen LogP contribution in [0.15, 0.2) is 186 Å². The Bertz CT molecular complexity index is 3250. The highest BCUT2D eigenvalue weighted by molar-refractivity contribution is 6.20. The zero-order chi connectivity index (χ0) is 36.0. The summed E-state index contributed by atoms with van der Waals surface area (Å²) in [4.78, 5) is 2.40. The Balaban J connectivity index is 1.18. The van der Waals surface area contributed by atoms with E-state index < -0.39 is 0 Å². The normalized spacial score (nSPS) is 11.9. The minimum atomic E-state index is 0.853. The summed E-state index contributed by atoms with van der Waals surface area (Å²) in [6.07, 6.45) is 0. The van der Waals surface area contributed by atoms with Crippen molar-refractivity contribution in [1.82, 2.24) is 4.57 Å². The summed E-state index contributed by atoms with van der Waals surface area (Å²) in [6, 6.07) is 71.9. The summed E-state index contributed by atoms with van der Waals surface area (Å²) >= 11 is 0. The predicted octanol–water partition coefficient (Wildman–Crippen LogP) is 14.2. The van der Waals surface area contributed by atoms with Crippen LogP contribution in [0.1, 0.15) is 0 Å². The van der Waals surface area contributed by atoms with E-state index in [0.717, 1.165) is 61.4 Å². The molecule has 0 N–H and O–H groups in total. The van der Waals surface area contributed by atoms with Crippen molar-refractivity contribution in [2.75, 3.05) is 4.90 Å². The number of hydrogen-bond acceptors (Lipinski definition) is 2. The van der Waals surface area contributed by atoms with Crippen LogP contribution < -0.4 is 4.90 Å². The number of rotatable bonds is 5. The van der Waals surface area contributed by atoms with Gasteiger partial charge in [-0.15, -0.1) is 0 Å². The third-order valence-corrected chi connectivity index (χ3v) is 11.4. The van der Waals surface area contributed by atoms with Crippen LogP contribution in [0.3, 0.4) is 0 Å². The first-order valence-electron chi connectivity index (χ1n) is 18.7. The van der Waals surface area contributed by atoms with Gasteiger partial charge >= 0.3 is 0 Å². The van der Waals surface area contributed by atoms with Gasteiger partial charge in [-0.2, -0.15) is 0 Å². The maximum atomic E-state index is 6.77. The fourth-order valence-electron chi connectivity index (χ4n) is 9.05. The molecule has 1 aliphatic rings. The van der Waals surface area contributed by atoms with Crippen molar-refractivity contribution in [3.05, 3.63) is 194 Å². The van der Waals surface area contributed by atoms with Gasteiger partial charge in [-0.3, -0.25) is 0 Å². The third kappa shape index (κ3) is 4.28. The zero-order valence-electron chi connectivity index (χ0n) is 29.6. The summed E-state index contributed by atoms with van der Waals surface area (Å²) in [5, 5.41) is 7.07. The van der Waals surface area contributed by atoms with Crippen molar-refractivity contribution < 1.29 is 4.42 Å². The van der Waals surface area contributed by atoms with Crippen molar-refractivity contribution in [1.29, 1.82) is 0 Å². The zero-order valence-corrected chi connectivity index (χ0v) is 29.6. The molecule has 55 heavy (non-hydrogen) atoms. The molecule has 2 aromatic heterocycles. The van der Waals surface area contributed by atoms with Crippen LogP contribution in [-0.4, -0.2) is 4.57 Å². The fraction of sp³-hybridized carbons (Fsp3) is 0. The monoisotopic (exact) mass is 698 g/mol. The minimum Gasteiger partial charge on any atom is -0.454 e. The average Bonchev–Trinajstić information content (AvgIpc) is 3.91. The molecule has 0 amide bonds. The van der Waals surface area contributed by atoms with Crippen molar-refractivity contribution in [3.8, 4) is 39.1 Å². The van der Waals surface area contributed by atoms with E-state index in [2.05, 4.69) is 191 Å². The van der Waals surface area contributed by atoms with E-state index in [0.29, 0.717) is 0 Å². The molecule has 3 heteroatoms. The number of anilines is 3. The number of para-hydroxylation sites is 4. The first-order chi connectivity index (χ1) is 27.3. The molecule has 11 aromatic rings. The molecular formula is C52H30N2O. The quantitative estimate of drug-likeness (QED) is 0.178. The van der Waals surface area contributed by atoms with Gasteiger partial charge in [-0.1, -0.05) is 133 Å². The van der Waals surface area contributed by atoms with Crippen molar-refractivity contribution in [2.45, 2.75) is 0 Å². The van der Waals surface area contributed by atoms with Gasteiger partial charge in [-0.25, -0.2) is 0 Å². The standard InChI is InChI=1S/C52H30N2O/c1-2-14-33(15-3-1)44-32-34(28-30-48(44)54-45-24-9-6-18-37(45)38-19-7-10-25-46(38)54)53(49-26-13-22-42-39-20-8-11-27-50(39)55-52(42)49)47-31-29-41-36-17-5-4-16-35(36)40-21-12-23-43(47)51(40)41/h1-4,6-16,18-32H. The average molecular weight is 699 g/mol.